The molecule has 1 atom stereocenters. The summed E-state index contributed by atoms with van der Waals surface area (Å²) in [7, 11) is 0. The first-order chi connectivity index (χ1) is 12.2. The molecule has 132 valence electrons. The molecule has 2 aromatic carbocycles. The standard InChI is InChI=1S/C22H27NO2/c1-3-14-25-21-12-10-19(11-13-21)18-6-4-17(5-7-18)16(2)15-23-22(24)20-8-9-20/h4-7,10-13,16,20H,3,8-9,14-15H2,1-2H3,(H,23,24). The fourth-order valence-electron chi connectivity index (χ4n) is 2.83. The van der Waals surface area contributed by atoms with E-state index < -0.39 is 0 Å². The van der Waals surface area contributed by atoms with Gasteiger partial charge in [0, 0.05) is 12.5 Å². The van der Waals surface area contributed by atoms with E-state index in [2.05, 4.69) is 55.6 Å². The Morgan fingerprint density at radius 2 is 1.68 bits per heavy atom. The van der Waals surface area contributed by atoms with Crippen molar-refractivity contribution < 1.29 is 9.53 Å². The van der Waals surface area contributed by atoms with Crippen LogP contribution in [0.5, 0.6) is 5.75 Å². The molecule has 1 saturated carbocycles. The quantitative estimate of drug-likeness (QED) is 0.753. The van der Waals surface area contributed by atoms with Crippen molar-refractivity contribution in [3.63, 3.8) is 0 Å². The number of benzene rings is 2. The zero-order valence-electron chi connectivity index (χ0n) is 15.1. The van der Waals surface area contributed by atoms with Crippen LogP contribution in [-0.2, 0) is 4.79 Å². The lowest BCUT2D eigenvalue weighted by Crippen LogP contribution is -2.28. The van der Waals surface area contributed by atoms with Crippen LogP contribution in [0.15, 0.2) is 48.5 Å². The van der Waals surface area contributed by atoms with E-state index in [4.69, 9.17) is 4.74 Å². The molecule has 0 heterocycles. The molecule has 25 heavy (non-hydrogen) atoms. The Labute approximate surface area is 150 Å². The van der Waals surface area contributed by atoms with Gasteiger partial charge in [0.2, 0.25) is 5.91 Å². The summed E-state index contributed by atoms with van der Waals surface area (Å²) in [6.45, 7) is 5.72. The molecule has 3 heteroatoms. The Bertz CT molecular complexity index is 687. The van der Waals surface area contributed by atoms with Crippen molar-refractivity contribution in [3.05, 3.63) is 54.1 Å². The lowest BCUT2D eigenvalue weighted by atomic mass is 9.97. The van der Waals surface area contributed by atoms with Gasteiger partial charge in [0.25, 0.3) is 0 Å². The fraction of sp³-hybridized carbons (Fsp3) is 0.409. The monoisotopic (exact) mass is 337 g/mol. The van der Waals surface area contributed by atoms with E-state index >= 15 is 0 Å². The molecule has 0 aromatic heterocycles. The molecule has 1 aliphatic carbocycles. The first-order valence-corrected chi connectivity index (χ1v) is 9.28. The summed E-state index contributed by atoms with van der Waals surface area (Å²) in [6, 6.07) is 16.9. The number of carbonyl (C=O) groups excluding carboxylic acids is 1. The number of nitrogens with one attached hydrogen (secondary N) is 1. The Morgan fingerprint density at radius 1 is 1.08 bits per heavy atom. The first kappa shape index (κ1) is 17.5. The number of amides is 1. The Morgan fingerprint density at radius 3 is 2.24 bits per heavy atom. The molecule has 1 N–H and O–H groups in total. The molecule has 2 aromatic rings. The van der Waals surface area contributed by atoms with Crippen molar-refractivity contribution in [2.45, 2.75) is 39.0 Å². The Kier molecular flexibility index (Phi) is 5.75. The van der Waals surface area contributed by atoms with Crippen LogP contribution in [0.4, 0.5) is 0 Å². The number of hydrogen-bond acceptors (Lipinski definition) is 2. The van der Waals surface area contributed by atoms with Crippen LogP contribution in [0.1, 0.15) is 44.6 Å². The fourth-order valence-corrected chi connectivity index (χ4v) is 2.83. The van der Waals surface area contributed by atoms with E-state index in [-0.39, 0.29) is 11.8 Å². The number of hydrogen-bond donors (Lipinski definition) is 1. The van der Waals surface area contributed by atoms with Gasteiger partial charge in [-0.15, -0.1) is 0 Å². The summed E-state index contributed by atoms with van der Waals surface area (Å²) in [5.41, 5.74) is 3.63. The average molecular weight is 337 g/mol. The van der Waals surface area contributed by atoms with E-state index in [1.807, 2.05) is 12.1 Å². The highest BCUT2D eigenvalue weighted by molar-refractivity contribution is 5.80. The SMILES string of the molecule is CCCOc1ccc(-c2ccc(C(C)CNC(=O)C3CC3)cc2)cc1. The molecule has 3 nitrogen and oxygen atoms in total. The summed E-state index contributed by atoms with van der Waals surface area (Å²) < 4.78 is 5.63. The summed E-state index contributed by atoms with van der Waals surface area (Å²) in [4.78, 5) is 11.8. The van der Waals surface area contributed by atoms with Crippen molar-refractivity contribution in [3.8, 4) is 16.9 Å². The van der Waals surface area contributed by atoms with Crippen LogP contribution in [0.25, 0.3) is 11.1 Å². The minimum Gasteiger partial charge on any atom is -0.494 e. The third kappa shape index (κ3) is 4.85. The highest BCUT2D eigenvalue weighted by atomic mass is 16.5. The lowest BCUT2D eigenvalue weighted by molar-refractivity contribution is -0.122. The van der Waals surface area contributed by atoms with Gasteiger partial charge in [-0.2, -0.15) is 0 Å². The van der Waals surface area contributed by atoms with E-state index in [0.717, 1.165) is 31.6 Å². The van der Waals surface area contributed by atoms with Gasteiger partial charge in [-0.05, 0) is 54.0 Å². The predicted molar refractivity (Wildman–Crippen MR) is 102 cm³/mol. The average Bonchev–Trinajstić information content (AvgIpc) is 3.50. The molecular weight excluding hydrogens is 310 g/mol. The molecule has 1 amide bonds. The highest BCUT2D eigenvalue weighted by Crippen LogP contribution is 2.29. The van der Waals surface area contributed by atoms with E-state index in [0.29, 0.717) is 12.5 Å². The summed E-state index contributed by atoms with van der Waals surface area (Å²) in [5.74, 6) is 1.73. The van der Waals surface area contributed by atoms with Gasteiger partial charge in [0.05, 0.1) is 6.61 Å². The minimum absolute atomic E-state index is 0.217. The van der Waals surface area contributed by atoms with Gasteiger partial charge in [-0.1, -0.05) is 50.2 Å². The van der Waals surface area contributed by atoms with Crippen LogP contribution < -0.4 is 10.1 Å². The summed E-state index contributed by atoms with van der Waals surface area (Å²) in [6.07, 6.45) is 3.12. The van der Waals surface area contributed by atoms with Gasteiger partial charge in [-0.25, -0.2) is 0 Å². The summed E-state index contributed by atoms with van der Waals surface area (Å²) >= 11 is 0. The third-order valence-corrected chi connectivity index (χ3v) is 4.67. The molecule has 1 fully saturated rings. The van der Waals surface area contributed by atoms with Gasteiger partial charge < -0.3 is 10.1 Å². The number of carbonyl (C=O) groups is 1. The van der Waals surface area contributed by atoms with Crippen LogP contribution in [0.3, 0.4) is 0 Å². The Hall–Kier alpha value is -2.29. The van der Waals surface area contributed by atoms with Crippen LogP contribution in [0.2, 0.25) is 0 Å². The third-order valence-electron chi connectivity index (χ3n) is 4.67. The van der Waals surface area contributed by atoms with Gasteiger partial charge in [0.15, 0.2) is 0 Å². The largest absolute Gasteiger partial charge is 0.494 e. The second-order valence-corrected chi connectivity index (χ2v) is 6.92. The van der Waals surface area contributed by atoms with Crippen LogP contribution in [0, 0.1) is 5.92 Å². The van der Waals surface area contributed by atoms with Gasteiger partial charge >= 0.3 is 0 Å². The maximum absolute atomic E-state index is 11.8. The van der Waals surface area contributed by atoms with Crippen molar-refractivity contribution in [2.75, 3.05) is 13.2 Å². The topological polar surface area (TPSA) is 38.3 Å². The molecule has 0 spiro atoms. The smallest absolute Gasteiger partial charge is 0.223 e. The highest BCUT2D eigenvalue weighted by Gasteiger charge is 2.29. The van der Waals surface area contributed by atoms with Crippen molar-refractivity contribution in [1.29, 1.82) is 0 Å². The van der Waals surface area contributed by atoms with Crippen LogP contribution in [-0.4, -0.2) is 19.1 Å². The lowest BCUT2D eigenvalue weighted by Gasteiger charge is -2.14. The molecule has 0 bridgehead atoms. The van der Waals surface area contributed by atoms with Crippen molar-refractivity contribution >= 4 is 5.91 Å². The Balaban J connectivity index is 1.58. The van der Waals surface area contributed by atoms with Gasteiger partial charge in [0.1, 0.15) is 5.75 Å². The maximum Gasteiger partial charge on any atom is 0.223 e. The summed E-state index contributed by atoms with van der Waals surface area (Å²) in [5, 5.41) is 3.06. The minimum atomic E-state index is 0.217. The molecular formula is C22H27NO2. The number of ether oxygens (including phenoxy) is 1. The zero-order valence-corrected chi connectivity index (χ0v) is 15.1. The first-order valence-electron chi connectivity index (χ1n) is 9.28. The van der Waals surface area contributed by atoms with E-state index in [1.54, 1.807) is 0 Å². The maximum atomic E-state index is 11.8. The molecule has 1 aliphatic rings. The molecule has 0 radical (unpaired) electrons. The van der Waals surface area contributed by atoms with Crippen molar-refractivity contribution in [1.82, 2.24) is 5.32 Å². The molecule has 0 aliphatic heterocycles. The molecule has 1 unspecified atom stereocenters. The molecule has 3 rings (SSSR count). The van der Waals surface area contributed by atoms with E-state index in [9.17, 15) is 4.79 Å². The van der Waals surface area contributed by atoms with Crippen molar-refractivity contribution in [2.24, 2.45) is 5.92 Å². The second kappa shape index (κ2) is 8.19. The van der Waals surface area contributed by atoms with E-state index in [1.165, 1.54) is 16.7 Å². The predicted octanol–water partition coefficient (Wildman–Crippen LogP) is 4.77. The molecule has 0 saturated heterocycles. The van der Waals surface area contributed by atoms with Gasteiger partial charge in [-0.3, -0.25) is 4.79 Å². The normalized spacial score (nSPS) is 14.8. The second-order valence-electron chi connectivity index (χ2n) is 6.92. The number of rotatable bonds is 8. The van der Waals surface area contributed by atoms with Crippen LogP contribution >= 0.6 is 0 Å². The zero-order chi connectivity index (χ0) is 17.6.